The van der Waals surface area contributed by atoms with E-state index >= 15 is 0 Å². The first-order valence-electron chi connectivity index (χ1n) is 3.64. The van der Waals surface area contributed by atoms with Crippen LogP contribution in [-0.4, -0.2) is 17.5 Å². The molecule has 0 saturated carbocycles. The molecule has 0 atom stereocenters. The van der Waals surface area contributed by atoms with Gasteiger partial charge >= 0.3 is 58.4 Å². The summed E-state index contributed by atoms with van der Waals surface area (Å²) in [6.45, 7) is 3.82. The van der Waals surface area contributed by atoms with Gasteiger partial charge in [0, 0.05) is 4.75 Å². The second-order valence-electron chi connectivity index (χ2n) is 3.63. The minimum Gasteiger partial charge on any atom is -0.445 e. The van der Waals surface area contributed by atoms with Crippen LogP contribution in [0.3, 0.4) is 0 Å². The Morgan fingerprint density at radius 1 is 1.31 bits per heavy atom. The monoisotopic (exact) mass is 236 g/mol. The summed E-state index contributed by atoms with van der Waals surface area (Å²) in [5.74, 6) is -0.0208. The standard InChI is InChI=1S/C7H13BF3S.K/c1-6(8(9,10)11)5-12-7(2,3)4;/h1,5H2,2-4H3;/q-1;+1. The van der Waals surface area contributed by atoms with E-state index in [-0.39, 0.29) is 61.9 Å². The molecule has 0 saturated heterocycles. The van der Waals surface area contributed by atoms with Gasteiger partial charge in [-0.15, -0.1) is 12.1 Å². The van der Waals surface area contributed by atoms with Crippen LogP contribution in [0.2, 0.25) is 0 Å². The van der Waals surface area contributed by atoms with Crippen molar-refractivity contribution in [1.82, 2.24) is 0 Å². The predicted molar refractivity (Wildman–Crippen MR) is 50.4 cm³/mol. The fraction of sp³-hybridized carbons (Fsp3) is 0.714. The van der Waals surface area contributed by atoms with Crippen molar-refractivity contribution in [2.75, 3.05) is 5.75 Å². The first kappa shape index (κ1) is 17.0. The second-order valence-corrected chi connectivity index (χ2v) is 5.44. The Morgan fingerprint density at radius 2 is 1.69 bits per heavy atom. The van der Waals surface area contributed by atoms with Gasteiger partial charge in [0.1, 0.15) is 0 Å². The molecule has 0 rings (SSSR count). The number of thioether (sulfide) groups is 1. The summed E-state index contributed by atoms with van der Waals surface area (Å²) in [5.41, 5.74) is -0.602. The van der Waals surface area contributed by atoms with Crippen molar-refractivity contribution in [1.29, 1.82) is 0 Å². The first-order valence-corrected chi connectivity index (χ1v) is 4.63. The zero-order valence-electron chi connectivity index (χ0n) is 8.53. The summed E-state index contributed by atoms with van der Waals surface area (Å²) in [6.07, 6.45) is 0. The normalized spacial score (nSPS) is 12.2. The molecule has 0 aliphatic carbocycles. The molecule has 0 aromatic rings. The average Bonchev–Trinajstić information content (AvgIpc) is 1.78. The molecule has 0 heterocycles. The number of halogens is 3. The fourth-order valence-corrected chi connectivity index (χ4v) is 1.21. The van der Waals surface area contributed by atoms with Gasteiger partial charge in [-0.05, 0) is 5.75 Å². The molecule has 0 aliphatic rings. The van der Waals surface area contributed by atoms with Crippen molar-refractivity contribution in [2.24, 2.45) is 0 Å². The van der Waals surface area contributed by atoms with Crippen LogP contribution in [0.15, 0.2) is 12.1 Å². The van der Waals surface area contributed by atoms with Gasteiger partial charge in [-0.2, -0.15) is 11.8 Å². The molecule has 0 amide bonds. The van der Waals surface area contributed by atoms with E-state index in [1.54, 1.807) is 0 Å². The van der Waals surface area contributed by atoms with E-state index in [2.05, 4.69) is 6.58 Å². The Hall–Kier alpha value is 1.58. The molecular formula is C7H13BF3KS. The van der Waals surface area contributed by atoms with Gasteiger partial charge in [0.05, 0.1) is 0 Å². The van der Waals surface area contributed by atoms with Gasteiger partial charge in [-0.1, -0.05) is 20.8 Å². The molecule has 13 heavy (non-hydrogen) atoms. The quantitative estimate of drug-likeness (QED) is 0.642. The summed E-state index contributed by atoms with van der Waals surface area (Å²) in [5, 5.41) is 0. The van der Waals surface area contributed by atoms with E-state index in [1.807, 2.05) is 20.8 Å². The van der Waals surface area contributed by atoms with Crippen LogP contribution < -0.4 is 51.4 Å². The molecule has 72 valence electrons. The Labute approximate surface area is 125 Å². The van der Waals surface area contributed by atoms with Crippen molar-refractivity contribution in [2.45, 2.75) is 25.5 Å². The van der Waals surface area contributed by atoms with Gasteiger partial charge in [0.2, 0.25) is 0 Å². The zero-order valence-corrected chi connectivity index (χ0v) is 12.5. The maximum atomic E-state index is 12.0. The van der Waals surface area contributed by atoms with E-state index in [0.717, 1.165) is 0 Å². The van der Waals surface area contributed by atoms with E-state index in [1.165, 1.54) is 11.8 Å². The van der Waals surface area contributed by atoms with Crippen LogP contribution in [0.4, 0.5) is 12.9 Å². The first-order chi connectivity index (χ1) is 5.13. The van der Waals surface area contributed by atoms with Crippen molar-refractivity contribution in [3.63, 3.8) is 0 Å². The Balaban J connectivity index is 0. The molecule has 0 unspecified atom stereocenters. The van der Waals surface area contributed by atoms with Crippen molar-refractivity contribution >= 4 is 18.7 Å². The topological polar surface area (TPSA) is 0 Å². The smallest absolute Gasteiger partial charge is 0.445 e. The van der Waals surface area contributed by atoms with Crippen LogP contribution in [-0.2, 0) is 0 Å². The SMILES string of the molecule is C=C(CSC(C)(C)C)[B-](F)(F)F.[K+]. The molecule has 0 bridgehead atoms. The summed E-state index contributed by atoms with van der Waals surface area (Å²) in [7, 11) is 0. The fourth-order valence-electron chi connectivity index (χ4n) is 0.404. The molecule has 0 radical (unpaired) electrons. The second kappa shape index (κ2) is 6.23. The zero-order chi connectivity index (χ0) is 9.99. The third-order valence-corrected chi connectivity index (χ3v) is 2.53. The van der Waals surface area contributed by atoms with Gasteiger partial charge in [0.25, 0.3) is 0 Å². The third-order valence-electron chi connectivity index (χ3n) is 1.15. The molecule has 0 aromatic carbocycles. The summed E-state index contributed by atoms with van der Waals surface area (Å²) >= 11 is 1.26. The molecule has 0 aliphatic heterocycles. The van der Waals surface area contributed by atoms with Crippen LogP contribution in [0.5, 0.6) is 0 Å². The van der Waals surface area contributed by atoms with Gasteiger partial charge < -0.3 is 12.9 Å². The van der Waals surface area contributed by atoms with E-state index < -0.39 is 12.4 Å². The molecule has 0 nitrogen and oxygen atoms in total. The summed E-state index contributed by atoms with van der Waals surface area (Å²) < 4.78 is 35.8. The number of hydrogen-bond donors (Lipinski definition) is 0. The van der Waals surface area contributed by atoms with E-state index in [0.29, 0.717) is 0 Å². The van der Waals surface area contributed by atoms with Crippen LogP contribution >= 0.6 is 11.8 Å². The van der Waals surface area contributed by atoms with Crippen molar-refractivity contribution in [3.8, 4) is 0 Å². The van der Waals surface area contributed by atoms with E-state index in [9.17, 15) is 12.9 Å². The molecule has 6 heteroatoms. The third kappa shape index (κ3) is 9.88. The van der Waals surface area contributed by atoms with Crippen LogP contribution in [0, 0.1) is 0 Å². The molecule has 0 fully saturated rings. The van der Waals surface area contributed by atoms with Crippen molar-refractivity contribution in [3.05, 3.63) is 12.1 Å². The minimum absolute atomic E-state index is 0. The van der Waals surface area contributed by atoms with Gasteiger partial charge in [0.15, 0.2) is 0 Å². The van der Waals surface area contributed by atoms with Gasteiger partial charge in [-0.25, -0.2) is 0 Å². The molecule has 0 N–H and O–H groups in total. The van der Waals surface area contributed by atoms with E-state index in [4.69, 9.17) is 0 Å². The minimum atomic E-state index is -4.84. The van der Waals surface area contributed by atoms with Crippen molar-refractivity contribution < 1.29 is 64.3 Å². The molecule has 0 aromatic heterocycles. The van der Waals surface area contributed by atoms with Gasteiger partial charge in [-0.3, -0.25) is 0 Å². The average molecular weight is 236 g/mol. The molecule has 0 spiro atoms. The Morgan fingerprint density at radius 3 is 1.92 bits per heavy atom. The van der Waals surface area contributed by atoms with Crippen LogP contribution in [0.1, 0.15) is 20.8 Å². The summed E-state index contributed by atoms with van der Waals surface area (Å²) in [6, 6.07) is 0. The largest absolute Gasteiger partial charge is 1.00 e. The maximum Gasteiger partial charge on any atom is 1.00 e. The maximum absolute atomic E-state index is 12.0. The Bertz CT molecular complexity index is 174. The number of rotatable bonds is 3. The Kier molecular flexibility index (Phi) is 8.14. The molecular weight excluding hydrogens is 223 g/mol. The summed E-state index contributed by atoms with van der Waals surface area (Å²) in [4.78, 5) is 0. The number of hydrogen-bond acceptors (Lipinski definition) is 1. The predicted octanol–water partition coefficient (Wildman–Crippen LogP) is 0.465. The van der Waals surface area contributed by atoms with Crippen LogP contribution in [0.25, 0.3) is 0 Å².